The Labute approximate surface area is 206 Å². The number of ether oxygens (including phenoxy) is 1. The normalized spacial score (nSPS) is 24.6. The molecule has 3 aliphatic rings. The Morgan fingerprint density at radius 3 is 2.17 bits per heavy atom. The molecule has 3 fully saturated rings. The molecule has 1 saturated carbocycles. The summed E-state index contributed by atoms with van der Waals surface area (Å²) in [5.41, 5.74) is -0.172. The van der Waals surface area contributed by atoms with E-state index in [2.05, 4.69) is 32.6 Å². The highest BCUT2D eigenvalue weighted by Gasteiger charge is 2.69. The Morgan fingerprint density at radius 1 is 1.09 bits per heavy atom. The number of sulfonamides is 1. The van der Waals surface area contributed by atoms with Crippen LogP contribution in [0.1, 0.15) is 34.1 Å². The second-order valence-electron chi connectivity index (χ2n) is 10.7. The molecule has 2 heterocycles. The summed E-state index contributed by atoms with van der Waals surface area (Å²) in [7, 11) is -3.90. The van der Waals surface area contributed by atoms with E-state index in [1.54, 1.807) is 4.90 Å². The second kappa shape index (κ2) is 8.95. The van der Waals surface area contributed by atoms with E-state index >= 15 is 0 Å². The first-order valence-electron chi connectivity index (χ1n) is 11.9. The lowest BCUT2D eigenvalue weighted by Gasteiger charge is -2.33. The van der Waals surface area contributed by atoms with Gasteiger partial charge >= 0.3 is 0 Å². The highest BCUT2D eigenvalue weighted by Crippen LogP contribution is 2.69. The van der Waals surface area contributed by atoms with Crippen molar-refractivity contribution in [2.24, 2.45) is 21.9 Å². The summed E-state index contributed by atoms with van der Waals surface area (Å²) >= 11 is 0. The molecule has 3 amide bonds. The summed E-state index contributed by atoms with van der Waals surface area (Å²) in [6, 6.07) is 4.38. The quantitative estimate of drug-likeness (QED) is 0.542. The Bertz CT molecular complexity index is 1110. The van der Waals surface area contributed by atoms with E-state index in [0.29, 0.717) is 26.3 Å². The van der Waals surface area contributed by atoms with Gasteiger partial charge in [-0.25, -0.2) is 18.5 Å². The molecule has 1 aliphatic carbocycles. The Kier molecular flexibility index (Phi) is 6.58. The number of primary sulfonamides is 1. The molecule has 0 radical (unpaired) electrons. The van der Waals surface area contributed by atoms with Crippen LogP contribution in [0.25, 0.3) is 0 Å². The minimum Gasteiger partial charge on any atom is -0.379 e. The van der Waals surface area contributed by atoms with Gasteiger partial charge in [0, 0.05) is 32.1 Å². The number of rotatable bonds is 7. The van der Waals surface area contributed by atoms with Gasteiger partial charge in [0.05, 0.1) is 30.2 Å². The number of hydrogen-bond donors (Lipinski definition) is 1. The molecule has 192 valence electrons. The summed E-state index contributed by atoms with van der Waals surface area (Å²) < 4.78 is 28.5. The van der Waals surface area contributed by atoms with Crippen molar-refractivity contribution in [1.82, 2.24) is 9.80 Å². The summed E-state index contributed by atoms with van der Waals surface area (Å²) in [6.07, 6.45) is -0.113. The van der Waals surface area contributed by atoms with Crippen molar-refractivity contribution in [2.45, 2.75) is 45.1 Å². The molecule has 0 spiro atoms. The lowest BCUT2D eigenvalue weighted by atomic mass is 10.0. The first kappa shape index (κ1) is 25.7. The van der Waals surface area contributed by atoms with Crippen molar-refractivity contribution in [3.63, 3.8) is 0 Å². The third-order valence-corrected chi connectivity index (χ3v) is 9.16. The maximum atomic E-state index is 13.8. The van der Waals surface area contributed by atoms with Crippen molar-refractivity contribution in [3.05, 3.63) is 24.3 Å². The van der Waals surface area contributed by atoms with Gasteiger partial charge in [-0.15, -0.1) is 0 Å². The van der Waals surface area contributed by atoms with E-state index in [1.807, 2.05) is 0 Å². The van der Waals surface area contributed by atoms with Crippen LogP contribution in [0.15, 0.2) is 29.2 Å². The van der Waals surface area contributed by atoms with Crippen LogP contribution >= 0.6 is 0 Å². The van der Waals surface area contributed by atoms with Gasteiger partial charge in [-0.2, -0.15) is 0 Å². The second-order valence-corrected chi connectivity index (χ2v) is 12.2. The lowest BCUT2D eigenvalue weighted by molar-refractivity contribution is -0.140. The van der Waals surface area contributed by atoms with Crippen molar-refractivity contribution in [3.8, 4) is 0 Å². The highest BCUT2D eigenvalue weighted by molar-refractivity contribution is 7.89. The predicted octanol–water partition coefficient (Wildman–Crippen LogP) is 0.809. The Hall–Kier alpha value is -2.34. The SMILES string of the molecule is CC1(C)C(C(=O)N(CCN2CCOCC2)C2CC(=O)N(c3ccc(S(N)(=O)=O)cc3)C2=O)C1(C)C. The average Bonchev–Trinajstić information content (AvgIpc) is 3.02. The van der Waals surface area contributed by atoms with Crippen LogP contribution in [-0.2, 0) is 29.1 Å². The Morgan fingerprint density at radius 2 is 1.66 bits per heavy atom. The molecule has 11 heteroatoms. The number of amides is 3. The molecule has 2 saturated heterocycles. The number of carbonyl (C=O) groups is 3. The minimum absolute atomic E-state index is 0.106. The molecule has 4 rings (SSSR count). The fourth-order valence-electron chi connectivity index (χ4n) is 5.39. The zero-order valence-corrected chi connectivity index (χ0v) is 21.5. The molecule has 10 nitrogen and oxygen atoms in total. The van der Waals surface area contributed by atoms with Gasteiger partial charge in [0.1, 0.15) is 6.04 Å². The van der Waals surface area contributed by atoms with Crippen molar-refractivity contribution < 1.29 is 27.5 Å². The Balaban J connectivity index is 1.58. The molecule has 1 unspecified atom stereocenters. The molecule has 0 aromatic heterocycles. The number of hydrogen-bond acceptors (Lipinski definition) is 7. The van der Waals surface area contributed by atoms with Crippen LogP contribution in [0, 0.1) is 16.7 Å². The predicted molar refractivity (Wildman–Crippen MR) is 129 cm³/mol. The molecule has 0 bridgehead atoms. The molecule has 1 aromatic carbocycles. The van der Waals surface area contributed by atoms with E-state index in [4.69, 9.17) is 9.88 Å². The molecule has 1 aromatic rings. The number of carbonyl (C=O) groups excluding carboxylic acids is 3. The third-order valence-electron chi connectivity index (χ3n) is 8.23. The zero-order chi connectivity index (χ0) is 25.8. The summed E-state index contributed by atoms with van der Waals surface area (Å²) in [5.74, 6) is -1.26. The van der Waals surface area contributed by atoms with Crippen LogP contribution in [0.5, 0.6) is 0 Å². The van der Waals surface area contributed by atoms with Gasteiger partial charge in [0.2, 0.25) is 21.8 Å². The van der Waals surface area contributed by atoms with E-state index in [-0.39, 0.29) is 39.7 Å². The first-order valence-corrected chi connectivity index (χ1v) is 13.4. The molecule has 1 atom stereocenters. The maximum Gasteiger partial charge on any atom is 0.257 e. The summed E-state index contributed by atoms with van der Waals surface area (Å²) in [6.45, 7) is 11.9. The fourth-order valence-corrected chi connectivity index (χ4v) is 5.90. The number of benzene rings is 1. The van der Waals surface area contributed by atoms with Gasteiger partial charge in [-0.3, -0.25) is 19.3 Å². The molecule has 2 aliphatic heterocycles. The fraction of sp³-hybridized carbons (Fsp3) is 0.625. The minimum atomic E-state index is -3.90. The van der Waals surface area contributed by atoms with Gasteiger partial charge in [0.25, 0.3) is 5.91 Å². The van der Waals surface area contributed by atoms with Crippen LogP contribution in [-0.4, -0.2) is 81.4 Å². The largest absolute Gasteiger partial charge is 0.379 e. The van der Waals surface area contributed by atoms with Crippen LogP contribution in [0.2, 0.25) is 0 Å². The van der Waals surface area contributed by atoms with Crippen molar-refractivity contribution >= 4 is 33.4 Å². The number of nitrogens with two attached hydrogens (primary N) is 1. The standard InChI is InChI=1S/C24H34N4O6S/c1-23(2)20(24(23,3)4)22(31)27(10-9-26-11-13-34-14-12-26)18-15-19(29)28(21(18)30)16-5-7-17(8-6-16)35(25,32)33/h5-8,18,20H,9-15H2,1-4H3,(H2,25,32,33). The number of imide groups is 1. The molecule has 2 N–H and O–H groups in total. The molecule has 35 heavy (non-hydrogen) atoms. The maximum absolute atomic E-state index is 13.8. The summed E-state index contributed by atoms with van der Waals surface area (Å²) in [5, 5.41) is 5.15. The van der Waals surface area contributed by atoms with E-state index in [9.17, 15) is 22.8 Å². The number of nitrogens with zero attached hydrogens (tertiary/aromatic N) is 3. The highest BCUT2D eigenvalue weighted by atomic mass is 32.2. The van der Waals surface area contributed by atoms with E-state index < -0.39 is 27.9 Å². The topological polar surface area (TPSA) is 130 Å². The van der Waals surface area contributed by atoms with Gasteiger partial charge in [-0.1, -0.05) is 27.7 Å². The zero-order valence-electron chi connectivity index (χ0n) is 20.7. The van der Waals surface area contributed by atoms with Crippen molar-refractivity contribution in [2.75, 3.05) is 44.3 Å². The van der Waals surface area contributed by atoms with Crippen LogP contribution < -0.4 is 10.0 Å². The third kappa shape index (κ3) is 4.62. The average molecular weight is 507 g/mol. The van der Waals surface area contributed by atoms with Gasteiger partial charge < -0.3 is 9.64 Å². The molecular weight excluding hydrogens is 472 g/mol. The smallest absolute Gasteiger partial charge is 0.257 e. The molecular formula is C24H34N4O6S. The number of anilines is 1. The monoisotopic (exact) mass is 506 g/mol. The van der Waals surface area contributed by atoms with Gasteiger partial charge in [-0.05, 0) is 35.1 Å². The van der Waals surface area contributed by atoms with Gasteiger partial charge in [0.15, 0.2) is 0 Å². The van der Waals surface area contributed by atoms with E-state index in [0.717, 1.165) is 18.0 Å². The van der Waals surface area contributed by atoms with E-state index in [1.165, 1.54) is 24.3 Å². The van der Waals surface area contributed by atoms with Crippen LogP contribution in [0.4, 0.5) is 5.69 Å². The number of morpholine rings is 1. The van der Waals surface area contributed by atoms with Crippen LogP contribution in [0.3, 0.4) is 0 Å². The first-order chi connectivity index (χ1) is 16.3. The van der Waals surface area contributed by atoms with Crippen molar-refractivity contribution in [1.29, 1.82) is 0 Å². The lowest BCUT2D eigenvalue weighted by Crippen LogP contribution is -2.50. The summed E-state index contributed by atoms with van der Waals surface area (Å²) in [4.78, 5) is 44.9.